The number of fused-ring (bicyclic) bond motifs is 1. The van der Waals surface area contributed by atoms with Gasteiger partial charge in [-0.25, -0.2) is 15.0 Å². The second kappa shape index (κ2) is 8.22. The van der Waals surface area contributed by atoms with Crippen LogP contribution >= 0.6 is 0 Å². The zero-order valence-electron chi connectivity index (χ0n) is 18.4. The van der Waals surface area contributed by atoms with E-state index >= 15 is 0 Å². The summed E-state index contributed by atoms with van der Waals surface area (Å²) in [4.78, 5) is 27.4. The number of likely N-dealkylation sites (N-methyl/N-ethyl adjacent to an activating group) is 1. The van der Waals surface area contributed by atoms with Crippen molar-refractivity contribution in [2.45, 2.75) is 58.4 Å². The van der Waals surface area contributed by atoms with Crippen molar-refractivity contribution in [2.75, 3.05) is 17.3 Å². The van der Waals surface area contributed by atoms with Crippen molar-refractivity contribution in [3.8, 4) is 5.88 Å². The average Bonchev–Trinajstić information content (AvgIpc) is 2.67. The first-order chi connectivity index (χ1) is 15.0. The lowest BCUT2D eigenvalue weighted by atomic mass is 9.80. The highest BCUT2D eigenvalue weighted by molar-refractivity contribution is 6.03. The van der Waals surface area contributed by atoms with Crippen molar-refractivity contribution in [3.05, 3.63) is 35.4 Å². The minimum atomic E-state index is -4.41. The number of nitrogens with one attached hydrogen (secondary N) is 1. The lowest BCUT2D eigenvalue weighted by Gasteiger charge is -2.37. The second-order valence-electron chi connectivity index (χ2n) is 8.88. The van der Waals surface area contributed by atoms with E-state index in [2.05, 4.69) is 15.3 Å². The molecule has 0 radical (unpaired) electrons. The van der Waals surface area contributed by atoms with E-state index in [1.54, 1.807) is 0 Å². The molecular weight excluding hydrogens is 423 g/mol. The molecule has 1 saturated carbocycles. The maximum absolute atomic E-state index is 12.6. The molecule has 1 aliphatic carbocycles. The number of aryl methyl sites for hydroxylation is 1. The van der Waals surface area contributed by atoms with E-state index in [0.29, 0.717) is 23.9 Å². The van der Waals surface area contributed by atoms with Crippen LogP contribution in [0.1, 0.15) is 43.8 Å². The van der Waals surface area contributed by atoms with Crippen molar-refractivity contribution >= 4 is 17.4 Å². The summed E-state index contributed by atoms with van der Waals surface area (Å²) in [7, 11) is 1.88. The number of anilines is 2. The summed E-state index contributed by atoms with van der Waals surface area (Å²) in [6.07, 6.45) is -1.54. The molecule has 3 heterocycles. The van der Waals surface area contributed by atoms with Crippen molar-refractivity contribution < 1.29 is 22.7 Å². The van der Waals surface area contributed by atoms with Gasteiger partial charge in [0.15, 0.2) is 5.82 Å². The minimum absolute atomic E-state index is 0.0506. The molecule has 7 nitrogen and oxygen atoms in total. The van der Waals surface area contributed by atoms with Crippen LogP contribution in [-0.4, -0.2) is 40.1 Å². The van der Waals surface area contributed by atoms with Crippen LogP contribution in [0.4, 0.5) is 24.7 Å². The van der Waals surface area contributed by atoms with E-state index in [9.17, 15) is 18.0 Å². The molecule has 10 heteroatoms. The highest BCUT2D eigenvalue weighted by Crippen LogP contribution is 2.37. The Kier molecular flexibility index (Phi) is 5.72. The number of ether oxygens (including phenoxy) is 1. The number of hydrogen-bond acceptors (Lipinski definition) is 6. The number of halogens is 3. The Hall–Kier alpha value is -2.91. The van der Waals surface area contributed by atoms with Gasteiger partial charge in [0.05, 0.1) is 11.3 Å². The summed E-state index contributed by atoms with van der Waals surface area (Å²) >= 11 is 0. The third kappa shape index (κ3) is 4.35. The predicted octanol–water partition coefficient (Wildman–Crippen LogP) is 4.01. The number of amides is 1. The molecule has 4 rings (SSSR count). The lowest BCUT2D eigenvalue weighted by molar-refractivity contribution is -0.137. The Labute approximate surface area is 184 Å². The van der Waals surface area contributed by atoms with Crippen LogP contribution in [0.5, 0.6) is 5.88 Å². The lowest BCUT2D eigenvalue weighted by Crippen LogP contribution is -2.50. The summed E-state index contributed by atoms with van der Waals surface area (Å²) in [5.41, 5.74) is 0.590. The Morgan fingerprint density at radius 3 is 2.56 bits per heavy atom. The number of alkyl halides is 3. The van der Waals surface area contributed by atoms with Gasteiger partial charge in [-0.3, -0.25) is 4.79 Å². The molecule has 2 aromatic rings. The Morgan fingerprint density at radius 2 is 1.97 bits per heavy atom. The number of carbonyl (C=O) groups excluding carboxylic acids is 1. The van der Waals surface area contributed by atoms with Crippen LogP contribution in [0.15, 0.2) is 18.3 Å². The largest absolute Gasteiger partial charge is 0.474 e. The fraction of sp³-hybridized carbons (Fsp3) is 0.545. The number of rotatable bonds is 5. The fourth-order valence-corrected chi connectivity index (χ4v) is 4.35. The molecule has 0 aromatic carbocycles. The van der Waals surface area contributed by atoms with Crippen molar-refractivity contribution in [1.82, 2.24) is 15.0 Å². The highest BCUT2D eigenvalue weighted by atomic mass is 19.4. The molecule has 0 bridgehead atoms. The maximum Gasteiger partial charge on any atom is 0.417 e. The number of pyridine rings is 1. The quantitative estimate of drug-likeness (QED) is 0.743. The van der Waals surface area contributed by atoms with Crippen LogP contribution in [0, 0.1) is 18.8 Å². The van der Waals surface area contributed by atoms with Gasteiger partial charge in [0, 0.05) is 25.7 Å². The first-order valence-corrected chi connectivity index (χ1v) is 10.6. The van der Waals surface area contributed by atoms with Gasteiger partial charge >= 0.3 is 6.18 Å². The standard InChI is InChI=1S/C22H26F3N5O2/c1-11(2)19-21(31)29-18-12(3)27-16(28-20(18)30(19)4)9-13-7-15(8-13)32-17-6-5-14(10-26-17)22(23,24)25/h5-6,10-11,13,15,19H,7-9H2,1-4H3,(H,29,31)/t13?,15?,19-/m0/s1. The van der Waals surface area contributed by atoms with E-state index in [1.165, 1.54) is 6.07 Å². The highest BCUT2D eigenvalue weighted by Gasteiger charge is 2.37. The minimum Gasteiger partial charge on any atom is -0.474 e. The molecular formula is C22H26F3N5O2. The van der Waals surface area contributed by atoms with Gasteiger partial charge in [0.1, 0.15) is 23.7 Å². The third-order valence-corrected chi connectivity index (χ3v) is 6.03. The summed E-state index contributed by atoms with van der Waals surface area (Å²) in [6.45, 7) is 5.86. The van der Waals surface area contributed by atoms with E-state index in [1.807, 2.05) is 32.7 Å². The summed E-state index contributed by atoms with van der Waals surface area (Å²) in [5, 5.41) is 2.94. The van der Waals surface area contributed by atoms with Crippen LogP contribution < -0.4 is 15.0 Å². The number of nitrogens with zero attached hydrogens (tertiary/aromatic N) is 4. The number of hydrogen-bond donors (Lipinski definition) is 1. The summed E-state index contributed by atoms with van der Waals surface area (Å²) in [5.74, 6) is 2.03. The van der Waals surface area contributed by atoms with Crippen molar-refractivity contribution in [3.63, 3.8) is 0 Å². The molecule has 0 saturated heterocycles. The zero-order valence-corrected chi connectivity index (χ0v) is 18.4. The van der Waals surface area contributed by atoms with Crippen molar-refractivity contribution in [1.29, 1.82) is 0 Å². The second-order valence-corrected chi connectivity index (χ2v) is 8.88. The molecule has 172 valence electrons. The molecule has 1 amide bonds. The summed E-state index contributed by atoms with van der Waals surface area (Å²) < 4.78 is 43.6. The average molecular weight is 449 g/mol. The molecule has 0 spiro atoms. The predicted molar refractivity (Wildman–Crippen MR) is 113 cm³/mol. The zero-order chi connectivity index (χ0) is 23.2. The fourth-order valence-electron chi connectivity index (χ4n) is 4.35. The van der Waals surface area contributed by atoms with Gasteiger partial charge in [-0.15, -0.1) is 0 Å². The Bertz CT molecular complexity index is 1000. The normalized spacial score (nSPS) is 22.9. The number of carbonyl (C=O) groups is 1. The molecule has 2 aliphatic rings. The van der Waals surface area contributed by atoms with Gasteiger partial charge in [0.25, 0.3) is 0 Å². The van der Waals surface area contributed by atoms with Gasteiger partial charge in [0.2, 0.25) is 11.8 Å². The SMILES string of the molecule is Cc1nc(CC2CC(Oc3ccc(C(F)(F)F)cn3)C2)nc2c1NC(=O)[C@H](C(C)C)N2C. The molecule has 32 heavy (non-hydrogen) atoms. The first kappa shape index (κ1) is 22.3. The third-order valence-electron chi connectivity index (χ3n) is 6.03. The maximum atomic E-state index is 12.6. The molecule has 0 unspecified atom stereocenters. The van der Waals surface area contributed by atoms with Gasteiger partial charge in [-0.2, -0.15) is 13.2 Å². The molecule has 2 aromatic heterocycles. The van der Waals surface area contributed by atoms with Crippen LogP contribution in [0.25, 0.3) is 0 Å². The topological polar surface area (TPSA) is 80.2 Å². The Morgan fingerprint density at radius 1 is 1.25 bits per heavy atom. The molecule has 1 atom stereocenters. The van der Waals surface area contributed by atoms with E-state index in [0.717, 1.165) is 36.6 Å². The van der Waals surface area contributed by atoms with Gasteiger partial charge in [-0.1, -0.05) is 13.8 Å². The van der Waals surface area contributed by atoms with Crippen LogP contribution in [0.2, 0.25) is 0 Å². The van der Waals surface area contributed by atoms with Gasteiger partial charge < -0.3 is 15.0 Å². The van der Waals surface area contributed by atoms with Crippen molar-refractivity contribution in [2.24, 2.45) is 11.8 Å². The van der Waals surface area contributed by atoms with Gasteiger partial charge in [-0.05, 0) is 37.7 Å². The molecule has 1 aliphatic heterocycles. The summed E-state index contributed by atoms with van der Waals surface area (Å²) in [6, 6.07) is 1.94. The van der Waals surface area contributed by atoms with Crippen LogP contribution in [-0.2, 0) is 17.4 Å². The smallest absolute Gasteiger partial charge is 0.417 e. The van der Waals surface area contributed by atoms with E-state index < -0.39 is 11.7 Å². The monoisotopic (exact) mass is 449 g/mol. The molecule has 1 fully saturated rings. The first-order valence-electron chi connectivity index (χ1n) is 10.6. The number of aromatic nitrogens is 3. The Balaban J connectivity index is 1.37. The van der Waals surface area contributed by atoms with Crippen LogP contribution in [0.3, 0.4) is 0 Å². The van der Waals surface area contributed by atoms with E-state index in [4.69, 9.17) is 9.72 Å². The molecule has 1 N–H and O–H groups in total. The van der Waals surface area contributed by atoms with E-state index in [-0.39, 0.29) is 29.9 Å².